The van der Waals surface area contributed by atoms with E-state index in [9.17, 15) is 15.0 Å². The molecule has 4 aromatic rings. The third kappa shape index (κ3) is 4.71. The van der Waals surface area contributed by atoms with E-state index in [1.165, 1.54) is 6.33 Å². The number of ether oxygens (including phenoxy) is 1. The minimum Gasteiger partial charge on any atom is -0.449 e. The summed E-state index contributed by atoms with van der Waals surface area (Å²) < 4.78 is 5.51. The van der Waals surface area contributed by atoms with E-state index >= 15 is 0 Å². The molecule has 3 N–H and O–H groups in total. The first-order chi connectivity index (χ1) is 17.0. The number of amides is 1. The number of nitrogens with zero attached hydrogens (tertiary/aromatic N) is 2. The summed E-state index contributed by atoms with van der Waals surface area (Å²) in [5, 5.41) is 24.6. The Bertz CT molecular complexity index is 1330. The van der Waals surface area contributed by atoms with Gasteiger partial charge in [0.2, 0.25) is 0 Å². The Balaban J connectivity index is 1.14. The Labute approximate surface area is 207 Å². The van der Waals surface area contributed by atoms with Crippen LogP contribution < -0.4 is 5.32 Å². The lowest BCUT2D eigenvalue weighted by atomic mass is 9.98. The number of nitrogens with one attached hydrogen (secondary N) is 1. The van der Waals surface area contributed by atoms with Crippen LogP contribution >= 0.6 is 11.6 Å². The third-order valence-corrected chi connectivity index (χ3v) is 6.67. The van der Waals surface area contributed by atoms with Crippen molar-refractivity contribution < 1.29 is 19.7 Å². The topological polar surface area (TPSA) is 105 Å². The summed E-state index contributed by atoms with van der Waals surface area (Å²) in [6, 6.07) is 21.3. The van der Waals surface area contributed by atoms with Crippen molar-refractivity contribution in [3.05, 3.63) is 94.9 Å². The first-order valence-corrected chi connectivity index (χ1v) is 11.8. The molecule has 8 heteroatoms. The SMILES string of the molecule is O=C(NCCC(O)C(O)c1ccc2c(Cl)ncnc2c1)OCC1c2ccccc2-c2ccccc21. The number of benzene rings is 3. The summed E-state index contributed by atoms with van der Waals surface area (Å²) in [7, 11) is 0. The van der Waals surface area contributed by atoms with E-state index in [-0.39, 0.29) is 25.5 Å². The predicted molar refractivity (Wildman–Crippen MR) is 133 cm³/mol. The molecular weight excluding hydrogens is 466 g/mol. The number of carbonyl (C=O) groups is 1. The minimum atomic E-state index is -1.14. The molecule has 3 aromatic carbocycles. The largest absolute Gasteiger partial charge is 0.449 e. The maximum absolute atomic E-state index is 12.3. The van der Waals surface area contributed by atoms with Crippen LogP contribution in [0.2, 0.25) is 5.15 Å². The van der Waals surface area contributed by atoms with Gasteiger partial charge in [-0.25, -0.2) is 14.8 Å². The van der Waals surface area contributed by atoms with Crippen molar-refractivity contribution in [1.82, 2.24) is 15.3 Å². The van der Waals surface area contributed by atoms with Gasteiger partial charge in [0.1, 0.15) is 24.2 Å². The van der Waals surface area contributed by atoms with Crippen LogP contribution in [-0.2, 0) is 4.74 Å². The highest BCUT2D eigenvalue weighted by molar-refractivity contribution is 6.34. The minimum absolute atomic E-state index is 0.0224. The summed E-state index contributed by atoms with van der Waals surface area (Å²) in [4.78, 5) is 20.4. The van der Waals surface area contributed by atoms with Crippen molar-refractivity contribution in [3.8, 4) is 11.1 Å². The highest BCUT2D eigenvalue weighted by Crippen LogP contribution is 2.44. The lowest BCUT2D eigenvalue weighted by Crippen LogP contribution is -2.30. The molecule has 2 atom stereocenters. The van der Waals surface area contributed by atoms with Crippen molar-refractivity contribution in [2.45, 2.75) is 24.5 Å². The standard InChI is InChI=1S/C27H24ClN3O4/c28-26-21-10-9-16(13-23(21)30-15-31-26)25(33)24(32)11-12-29-27(34)35-14-22-19-7-3-1-5-17(19)18-6-2-4-8-20(18)22/h1-10,13,15,22,24-25,32-33H,11-12,14H2,(H,29,34). The summed E-state index contributed by atoms with van der Waals surface area (Å²) in [5.74, 6) is -0.0224. The zero-order valence-electron chi connectivity index (χ0n) is 18.8. The predicted octanol–water partition coefficient (Wildman–Crippen LogP) is 4.61. The highest BCUT2D eigenvalue weighted by atomic mass is 35.5. The second-order valence-electron chi connectivity index (χ2n) is 8.49. The van der Waals surface area contributed by atoms with Crippen molar-refractivity contribution in [2.24, 2.45) is 0 Å². The molecule has 2 unspecified atom stereocenters. The van der Waals surface area contributed by atoms with E-state index in [0.29, 0.717) is 21.6 Å². The molecule has 0 spiro atoms. The van der Waals surface area contributed by atoms with Gasteiger partial charge in [0, 0.05) is 17.8 Å². The Morgan fingerprint density at radius 1 is 1.00 bits per heavy atom. The Hall–Kier alpha value is -3.52. The molecule has 0 saturated carbocycles. The lowest BCUT2D eigenvalue weighted by molar-refractivity contribution is 0.0137. The van der Waals surface area contributed by atoms with Gasteiger partial charge in [-0.1, -0.05) is 66.2 Å². The van der Waals surface area contributed by atoms with Gasteiger partial charge in [-0.2, -0.15) is 0 Å². The number of rotatable bonds is 7. The number of hydrogen-bond acceptors (Lipinski definition) is 6. The van der Waals surface area contributed by atoms with Gasteiger partial charge < -0.3 is 20.3 Å². The zero-order valence-corrected chi connectivity index (χ0v) is 19.5. The Morgan fingerprint density at radius 2 is 1.69 bits per heavy atom. The second-order valence-corrected chi connectivity index (χ2v) is 8.85. The van der Waals surface area contributed by atoms with Crippen LogP contribution in [0.5, 0.6) is 0 Å². The molecule has 1 aromatic heterocycles. The van der Waals surface area contributed by atoms with Gasteiger partial charge >= 0.3 is 6.09 Å². The lowest BCUT2D eigenvalue weighted by Gasteiger charge is -2.19. The van der Waals surface area contributed by atoms with Crippen LogP contribution in [0.15, 0.2) is 73.1 Å². The summed E-state index contributed by atoms with van der Waals surface area (Å²) >= 11 is 6.05. The fourth-order valence-corrected chi connectivity index (χ4v) is 4.78. The number of aliphatic hydroxyl groups is 2. The van der Waals surface area contributed by atoms with Crippen molar-refractivity contribution >= 4 is 28.6 Å². The molecule has 1 aliphatic rings. The number of alkyl carbamates (subject to hydrolysis) is 1. The Morgan fingerprint density at radius 3 is 2.40 bits per heavy atom. The van der Waals surface area contributed by atoms with Gasteiger partial charge in [-0.3, -0.25) is 0 Å². The number of hydrogen-bond donors (Lipinski definition) is 3. The van der Waals surface area contributed by atoms with Gasteiger partial charge in [-0.05, 0) is 46.4 Å². The van der Waals surface area contributed by atoms with E-state index in [1.807, 2.05) is 24.3 Å². The molecule has 1 aliphatic carbocycles. The van der Waals surface area contributed by atoms with Crippen molar-refractivity contribution in [3.63, 3.8) is 0 Å². The van der Waals surface area contributed by atoms with Gasteiger partial charge in [0.15, 0.2) is 0 Å². The van der Waals surface area contributed by atoms with Crippen LogP contribution in [0.25, 0.3) is 22.0 Å². The number of aromatic nitrogens is 2. The van der Waals surface area contributed by atoms with Crippen LogP contribution in [-0.4, -0.2) is 45.5 Å². The van der Waals surface area contributed by atoms with E-state index in [0.717, 1.165) is 22.3 Å². The quantitative estimate of drug-likeness (QED) is 0.327. The van der Waals surface area contributed by atoms with Crippen LogP contribution in [0.1, 0.15) is 35.1 Å². The van der Waals surface area contributed by atoms with Gasteiger partial charge in [-0.15, -0.1) is 0 Å². The molecule has 0 bridgehead atoms. The molecule has 5 rings (SSSR count). The summed E-state index contributed by atoms with van der Waals surface area (Å²) in [6.45, 7) is 0.364. The maximum atomic E-state index is 12.3. The molecule has 0 fully saturated rings. The monoisotopic (exact) mass is 489 g/mol. The van der Waals surface area contributed by atoms with Crippen LogP contribution in [0, 0.1) is 0 Å². The first kappa shape index (κ1) is 23.2. The molecule has 0 radical (unpaired) electrons. The molecule has 0 saturated heterocycles. The molecule has 1 amide bonds. The van der Waals surface area contributed by atoms with Gasteiger partial charge in [0.25, 0.3) is 0 Å². The number of carbonyl (C=O) groups excluding carboxylic acids is 1. The van der Waals surface area contributed by atoms with E-state index in [1.54, 1.807) is 18.2 Å². The smallest absolute Gasteiger partial charge is 0.407 e. The highest BCUT2D eigenvalue weighted by Gasteiger charge is 2.29. The van der Waals surface area contributed by atoms with E-state index < -0.39 is 18.3 Å². The maximum Gasteiger partial charge on any atom is 0.407 e. The zero-order chi connectivity index (χ0) is 24.4. The first-order valence-electron chi connectivity index (χ1n) is 11.4. The average Bonchev–Trinajstić information content (AvgIpc) is 3.20. The van der Waals surface area contributed by atoms with Crippen molar-refractivity contribution in [1.29, 1.82) is 0 Å². The van der Waals surface area contributed by atoms with E-state index in [4.69, 9.17) is 16.3 Å². The molecule has 7 nitrogen and oxygen atoms in total. The van der Waals surface area contributed by atoms with Gasteiger partial charge in [0.05, 0.1) is 11.6 Å². The van der Waals surface area contributed by atoms with Crippen LogP contribution in [0.3, 0.4) is 0 Å². The molecule has 0 aliphatic heterocycles. The summed E-state index contributed by atoms with van der Waals surface area (Å²) in [5.41, 5.74) is 5.68. The molecule has 35 heavy (non-hydrogen) atoms. The molecular formula is C27H24ClN3O4. The Kier molecular flexibility index (Phi) is 6.63. The molecule has 1 heterocycles. The molecule has 178 valence electrons. The summed E-state index contributed by atoms with van der Waals surface area (Å²) in [6.07, 6.45) is -1.30. The number of aliphatic hydroxyl groups excluding tert-OH is 2. The normalized spacial score (nSPS) is 14.3. The fraction of sp³-hybridized carbons (Fsp3) is 0.222. The van der Waals surface area contributed by atoms with Crippen molar-refractivity contribution in [2.75, 3.05) is 13.2 Å². The van der Waals surface area contributed by atoms with E-state index in [2.05, 4.69) is 39.6 Å². The third-order valence-electron chi connectivity index (χ3n) is 6.37. The second kappa shape index (κ2) is 10.00. The average molecular weight is 490 g/mol. The fourth-order valence-electron chi connectivity index (χ4n) is 4.58. The number of halogens is 1. The van der Waals surface area contributed by atoms with Crippen LogP contribution in [0.4, 0.5) is 4.79 Å². The number of fused-ring (bicyclic) bond motifs is 4.